The third-order valence-corrected chi connectivity index (χ3v) is 6.30. The van der Waals surface area contributed by atoms with Crippen LogP contribution in [0.1, 0.15) is 31.0 Å². The normalized spacial score (nSPS) is 16.0. The van der Waals surface area contributed by atoms with E-state index >= 15 is 0 Å². The van der Waals surface area contributed by atoms with E-state index in [2.05, 4.69) is 4.99 Å². The van der Waals surface area contributed by atoms with Gasteiger partial charge in [-0.15, -0.1) is 0 Å². The van der Waals surface area contributed by atoms with E-state index in [1.807, 2.05) is 0 Å². The van der Waals surface area contributed by atoms with Crippen LogP contribution < -0.4 is 14.9 Å². The molecule has 164 valence electrons. The number of carbonyl (C=O) groups excluding carboxylic acids is 1. The summed E-state index contributed by atoms with van der Waals surface area (Å²) >= 11 is 7.11. The Morgan fingerprint density at radius 3 is 2.62 bits per heavy atom. The minimum atomic E-state index is -1.08. The first-order valence-corrected chi connectivity index (χ1v) is 10.9. The van der Waals surface area contributed by atoms with Crippen LogP contribution in [-0.2, 0) is 9.53 Å². The summed E-state index contributed by atoms with van der Waals surface area (Å²) in [5.41, 5.74) is 0.0218. The summed E-state index contributed by atoms with van der Waals surface area (Å²) in [5.74, 6) is -1.86. The Bertz CT molecular complexity index is 1420. The van der Waals surface area contributed by atoms with Gasteiger partial charge in [0.1, 0.15) is 17.7 Å². The fourth-order valence-corrected chi connectivity index (χ4v) is 4.81. The molecule has 0 saturated heterocycles. The van der Waals surface area contributed by atoms with E-state index in [0.717, 1.165) is 11.3 Å². The molecular formula is C23H17ClF2N2O3S. The highest BCUT2D eigenvalue weighted by atomic mass is 35.5. The Morgan fingerprint density at radius 1 is 1.22 bits per heavy atom. The van der Waals surface area contributed by atoms with Gasteiger partial charge in [0.05, 0.1) is 27.4 Å². The standard InChI is InChI=1S/C23H17ClF2N2O3S/c1-3-31-22(30)19-12(2)27-23-28(20(19)13-7-4-5-9-16(13)25)21(29)18(32-23)11-14-15(24)8-6-10-17(14)26/h4-11,20H,3H2,1-2H3/b18-11+/t20-/m0/s1. The molecule has 2 heterocycles. The summed E-state index contributed by atoms with van der Waals surface area (Å²) in [6, 6.07) is 9.02. The van der Waals surface area contributed by atoms with Gasteiger partial charge in [-0.05, 0) is 38.1 Å². The van der Waals surface area contributed by atoms with E-state index < -0.39 is 29.2 Å². The lowest BCUT2D eigenvalue weighted by molar-refractivity contribution is -0.139. The molecule has 1 aliphatic heterocycles. The van der Waals surface area contributed by atoms with Crippen LogP contribution in [-0.4, -0.2) is 17.1 Å². The maximum absolute atomic E-state index is 14.8. The number of allylic oxidation sites excluding steroid dienone is 1. The number of halogens is 3. The topological polar surface area (TPSA) is 60.7 Å². The van der Waals surface area contributed by atoms with E-state index in [1.54, 1.807) is 19.9 Å². The van der Waals surface area contributed by atoms with Gasteiger partial charge in [0.15, 0.2) is 4.80 Å². The largest absolute Gasteiger partial charge is 0.463 e. The molecule has 0 saturated carbocycles. The fourth-order valence-electron chi connectivity index (χ4n) is 3.56. The Morgan fingerprint density at radius 2 is 1.94 bits per heavy atom. The Labute approximate surface area is 190 Å². The number of benzene rings is 2. The summed E-state index contributed by atoms with van der Waals surface area (Å²) in [6.07, 6.45) is 1.34. The van der Waals surface area contributed by atoms with Crippen LogP contribution in [0.2, 0.25) is 5.02 Å². The van der Waals surface area contributed by atoms with Crippen molar-refractivity contribution in [1.82, 2.24) is 4.57 Å². The minimum absolute atomic E-state index is 0.0585. The number of hydrogen-bond donors (Lipinski definition) is 0. The molecule has 4 rings (SSSR count). The quantitative estimate of drug-likeness (QED) is 0.541. The number of ether oxygens (including phenoxy) is 1. The molecule has 0 radical (unpaired) electrons. The molecule has 0 bridgehead atoms. The van der Waals surface area contributed by atoms with Crippen LogP contribution in [0.15, 0.2) is 63.5 Å². The van der Waals surface area contributed by atoms with Gasteiger partial charge in [0, 0.05) is 11.1 Å². The van der Waals surface area contributed by atoms with Crippen molar-refractivity contribution in [3.05, 3.63) is 101 Å². The van der Waals surface area contributed by atoms with Crippen LogP contribution in [0.4, 0.5) is 8.78 Å². The SMILES string of the molecule is CCOC(=O)C1=C(C)N=c2s/c(=C/c3c(F)cccc3Cl)c(=O)n2[C@H]1c1ccccc1F. The van der Waals surface area contributed by atoms with Crippen molar-refractivity contribution in [3.63, 3.8) is 0 Å². The van der Waals surface area contributed by atoms with Crippen molar-refractivity contribution in [2.24, 2.45) is 4.99 Å². The molecule has 1 aliphatic rings. The molecule has 5 nitrogen and oxygen atoms in total. The summed E-state index contributed by atoms with van der Waals surface area (Å²) in [5, 5.41) is 0.143. The van der Waals surface area contributed by atoms with Gasteiger partial charge in [-0.25, -0.2) is 18.6 Å². The van der Waals surface area contributed by atoms with Crippen molar-refractivity contribution in [3.8, 4) is 0 Å². The lowest BCUT2D eigenvalue weighted by Gasteiger charge is -2.24. The Balaban J connectivity index is 2.02. The second-order valence-electron chi connectivity index (χ2n) is 6.96. The summed E-state index contributed by atoms with van der Waals surface area (Å²) < 4.78 is 35.7. The van der Waals surface area contributed by atoms with Crippen molar-refractivity contribution >= 4 is 35.0 Å². The first-order chi connectivity index (χ1) is 15.3. The highest BCUT2D eigenvalue weighted by Crippen LogP contribution is 2.32. The van der Waals surface area contributed by atoms with Crippen LogP contribution >= 0.6 is 22.9 Å². The molecule has 1 atom stereocenters. The first kappa shape index (κ1) is 22.1. The van der Waals surface area contributed by atoms with E-state index in [9.17, 15) is 18.4 Å². The monoisotopic (exact) mass is 474 g/mol. The van der Waals surface area contributed by atoms with Gasteiger partial charge in [0.2, 0.25) is 0 Å². The van der Waals surface area contributed by atoms with Crippen LogP contribution in [0, 0.1) is 11.6 Å². The zero-order valence-electron chi connectivity index (χ0n) is 17.1. The number of aromatic nitrogens is 1. The number of fused-ring (bicyclic) bond motifs is 1. The van der Waals surface area contributed by atoms with Gasteiger partial charge in [-0.3, -0.25) is 9.36 Å². The highest BCUT2D eigenvalue weighted by molar-refractivity contribution is 7.07. The molecule has 0 amide bonds. The lowest BCUT2D eigenvalue weighted by Crippen LogP contribution is -2.40. The van der Waals surface area contributed by atoms with Crippen molar-refractivity contribution in [2.75, 3.05) is 6.61 Å². The predicted octanol–water partition coefficient (Wildman–Crippen LogP) is 3.73. The van der Waals surface area contributed by atoms with Gasteiger partial charge in [-0.2, -0.15) is 0 Å². The summed E-state index contributed by atoms with van der Waals surface area (Å²) in [4.78, 5) is 30.8. The molecule has 32 heavy (non-hydrogen) atoms. The maximum Gasteiger partial charge on any atom is 0.338 e. The van der Waals surface area contributed by atoms with Crippen molar-refractivity contribution in [2.45, 2.75) is 19.9 Å². The third-order valence-electron chi connectivity index (χ3n) is 4.99. The number of carbonyl (C=O) groups is 1. The van der Waals surface area contributed by atoms with E-state index in [4.69, 9.17) is 16.3 Å². The first-order valence-electron chi connectivity index (χ1n) is 9.71. The van der Waals surface area contributed by atoms with Gasteiger partial charge >= 0.3 is 5.97 Å². The molecule has 9 heteroatoms. The van der Waals surface area contributed by atoms with Crippen molar-refractivity contribution in [1.29, 1.82) is 0 Å². The Hall–Kier alpha value is -3.10. The van der Waals surface area contributed by atoms with E-state index in [-0.39, 0.29) is 37.7 Å². The van der Waals surface area contributed by atoms with Gasteiger partial charge in [-0.1, -0.05) is 47.2 Å². The molecular weight excluding hydrogens is 458 g/mol. The van der Waals surface area contributed by atoms with Gasteiger partial charge < -0.3 is 4.74 Å². The number of thiazole rings is 1. The summed E-state index contributed by atoms with van der Waals surface area (Å²) in [7, 11) is 0. The maximum atomic E-state index is 14.8. The minimum Gasteiger partial charge on any atom is -0.463 e. The fraction of sp³-hybridized carbons (Fsp3) is 0.174. The van der Waals surface area contributed by atoms with Gasteiger partial charge in [0.25, 0.3) is 5.56 Å². The average Bonchev–Trinajstić information content (AvgIpc) is 3.05. The highest BCUT2D eigenvalue weighted by Gasteiger charge is 2.34. The molecule has 0 aliphatic carbocycles. The van der Waals surface area contributed by atoms with Crippen LogP contribution in [0.5, 0.6) is 0 Å². The smallest absolute Gasteiger partial charge is 0.338 e. The molecule has 3 aromatic rings. The molecule has 2 aromatic carbocycles. The molecule has 0 unspecified atom stereocenters. The number of nitrogens with zero attached hydrogens (tertiary/aromatic N) is 2. The number of rotatable bonds is 4. The van der Waals surface area contributed by atoms with E-state index in [1.165, 1.54) is 47.0 Å². The molecule has 1 aromatic heterocycles. The molecule has 0 fully saturated rings. The second-order valence-corrected chi connectivity index (χ2v) is 8.38. The molecule has 0 spiro atoms. The summed E-state index contributed by atoms with van der Waals surface area (Å²) in [6.45, 7) is 3.36. The number of hydrogen-bond acceptors (Lipinski definition) is 5. The Kier molecular flexibility index (Phi) is 6.08. The third kappa shape index (κ3) is 3.80. The predicted molar refractivity (Wildman–Crippen MR) is 118 cm³/mol. The zero-order valence-corrected chi connectivity index (χ0v) is 18.6. The second kappa shape index (κ2) is 8.80. The molecule has 0 N–H and O–H groups in total. The lowest BCUT2D eigenvalue weighted by atomic mass is 9.95. The van der Waals surface area contributed by atoms with Crippen LogP contribution in [0.25, 0.3) is 6.08 Å². The zero-order chi connectivity index (χ0) is 23.0. The van der Waals surface area contributed by atoms with Crippen molar-refractivity contribution < 1.29 is 18.3 Å². The van der Waals surface area contributed by atoms with E-state index in [0.29, 0.717) is 5.70 Å². The van der Waals surface area contributed by atoms with Crippen LogP contribution in [0.3, 0.4) is 0 Å². The number of esters is 1. The average molecular weight is 475 g/mol.